The molecular formula is C116H166N9NaO23. The molecule has 8 amide bonds. The molecule has 0 saturated carbocycles. The van der Waals surface area contributed by atoms with Crippen molar-refractivity contribution >= 4 is 89.0 Å². The van der Waals surface area contributed by atoms with Crippen LogP contribution in [0.25, 0.3) is 0 Å². The summed E-state index contributed by atoms with van der Waals surface area (Å²) in [4.78, 5) is 198. The molecule has 6 aromatic rings. The minimum absolute atomic E-state index is 0. The number of nitrogens with zero attached hydrogens (tertiary/aromatic N) is 3. The van der Waals surface area contributed by atoms with E-state index < -0.39 is 125 Å². The van der Waals surface area contributed by atoms with Crippen LogP contribution in [0.1, 0.15) is 271 Å². The van der Waals surface area contributed by atoms with E-state index in [0.29, 0.717) is 136 Å². The molecule has 9 rings (SSSR count). The summed E-state index contributed by atoms with van der Waals surface area (Å²) < 4.78 is 25.0. The summed E-state index contributed by atoms with van der Waals surface area (Å²) in [5, 5.41) is 33.0. The maximum Gasteiger partial charge on any atom is 1.00 e. The molecule has 0 spiro atoms. The van der Waals surface area contributed by atoms with Crippen molar-refractivity contribution in [1.29, 1.82) is 0 Å². The first-order chi connectivity index (χ1) is 69.3. The molecule has 814 valence electrons. The summed E-state index contributed by atoms with van der Waals surface area (Å²) >= 11 is 0. The molecule has 0 fully saturated rings. The average Bonchev–Trinajstić information content (AvgIpc) is 0.792. The fourth-order valence-corrected chi connectivity index (χ4v) is 18.3. The zero-order valence-electron chi connectivity index (χ0n) is 91.8. The third-order valence-corrected chi connectivity index (χ3v) is 25.5. The van der Waals surface area contributed by atoms with E-state index in [1.165, 1.54) is 14.2 Å². The Bertz CT molecular complexity index is 5250. The minimum Gasteiger partial charge on any atom is -0.870 e. The van der Waals surface area contributed by atoms with Crippen molar-refractivity contribution in [2.24, 2.45) is 59.0 Å². The molecule has 33 heteroatoms. The second kappa shape index (κ2) is 64.7. The monoisotopic (exact) mass is 2080 g/mol. The number of carbonyl (C=O) groups excluding carboxylic acids is 13. The Kier molecular flexibility index (Phi) is 56.3. The molecule has 32 nitrogen and oxygen atoms in total. The number of nitrogens with two attached hydrogens (primary N) is 1. The van der Waals surface area contributed by atoms with Gasteiger partial charge in [0, 0.05) is 107 Å². The third-order valence-electron chi connectivity index (χ3n) is 25.5. The van der Waals surface area contributed by atoms with Crippen LogP contribution in [0.15, 0.2) is 164 Å². The van der Waals surface area contributed by atoms with Gasteiger partial charge in [-0.05, 0) is 226 Å². The molecule has 0 radical (unpaired) electrons. The molecule has 10 N–H and O–H groups in total. The van der Waals surface area contributed by atoms with Crippen LogP contribution in [0.4, 0.5) is 14.4 Å². The van der Waals surface area contributed by atoms with Crippen molar-refractivity contribution in [3.05, 3.63) is 214 Å². The summed E-state index contributed by atoms with van der Waals surface area (Å²) in [5.41, 5.74) is 13.2. The van der Waals surface area contributed by atoms with E-state index in [1.807, 2.05) is 247 Å². The normalized spacial score (nSPS) is 15.9. The minimum atomic E-state index is -1.16. The first-order valence-electron chi connectivity index (χ1n) is 52.0. The van der Waals surface area contributed by atoms with Crippen LogP contribution in [0, 0.1) is 53.3 Å². The number of benzene rings is 6. The maximum atomic E-state index is 14.2. The van der Waals surface area contributed by atoms with Crippen LogP contribution < -0.4 is 61.9 Å². The molecule has 3 aliphatic rings. The van der Waals surface area contributed by atoms with Gasteiger partial charge in [0.05, 0.1) is 38.3 Å². The summed E-state index contributed by atoms with van der Waals surface area (Å²) in [6.07, 6.45) is 7.03. The van der Waals surface area contributed by atoms with Crippen LogP contribution in [0.5, 0.6) is 0 Å². The predicted molar refractivity (Wildman–Crippen MR) is 566 cm³/mol. The first-order valence-corrected chi connectivity index (χ1v) is 52.0. The number of unbranched alkanes of at least 4 members (excludes halogenated alkanes) is 3. The Balaban J connectivity index is 0.000000433. The molecule has 0 aromatic heterocycles. The molecule has 0 aliphatic carbocycles. The maximum absolute atomic E-state index is 14.2. The van der Waals surface area contributed by atoms with Gasteiger partial charge in [-0.1, -0.05) is 226 Å². The van der Waals surface area contributed by atoms with Crippen LogP contribution in [0.3, 0.4) is 0 Å². The van der Waals surface area contributed by atoms with Crippen molar-refractivity contribution in [1.82, 2.24) is 41.3 Å². The van der Waals surface area contributed by atoms with Gasteiger partial charge >= 0.3 is 71.7 Å². The van der Waals surface area contributed by atoms with E-state index in [4.69, 9.17) is 24.7 Å². The number of carboxylic acid groups (broad SMARTS) is 2. The Labute approximate surface area is 904 Å². The van der Waals surface area contributed by atoms with Gasteiger partial charge in [0.1, 0.15) is 34.9 Å². The number of carboxylic acids is 2. The van der Waals surface area contributed by atoms with Crippen molar-refractivity contribution in [2.45, 2.75) is 332 Å². The van der Waals surface area contributed by atoms with E-state index in [2.05, 4.69) is 31.3 Å². The summed E-state index contributed by atoms with van der Waals surface area (Å²) in [7, 11) is 2.58. The Morgan fingerprint density at radius 3 is 0.893 bits per heavy atom. The molecular weight excluding hydrogens is 1910 g/mol. The molecule has 0 bridgehead atoms. The Morgan fingerprint density at radius 2 is 0.617 bits per heavy atom. The molecule has 3 aliphatic heterocycles. The van der Waals surface area contributed by atoms with Crippen molar-refractivity contribution in [3.8, 4) is 0 Å². The number of aliphatic carboxylic acids is 2. The fraction of sp³-hybridized carbons (Fsp3) is 0.560. The Hall–Kier alpha value is -11.7. The summed E-state index contributed by atoms with van der Waals surface area (Å²) in [6.45, 7) is 35.7. The number of Topliss-reactive ketones (excluding diaryl/α,β-unsaturated/α-hetero) is 3. The standard InChI is InChI=1S/C39H55N3O7.C38H53N3O7.C27H33NO4.C12H24N2O4.Na.H2O/c1-26(2)21-31(35(44)41-32(37(46)48-7)19-13-14-20-40-38(47)49-39(4,5)6)24-34(43)33-23-29-17-11-12-18-30(29)25-42(33)36(45)27(3)22-28-15-9-8-10-16-28;1-25(2)20-30(34(43)40-31(36(45)46)18-12-13-19-39-37(47)48-38(4,5)6)23-33(42)32-22-28-16-10-11-17-29(28)24-41(32)35(44)26(3)21-27-14-8-7-9-15-27;1-18(2)13-23(27(31)32)16-25(29)24-15-21-11-7-8-12-22(21)17-28(24)26(30)19(3)14-20-9-5-4-6-10-20;1-12(2,3)18-11(16)14-8-6-5-7-9(13)10(15)17-4;;/h8-12,15-18,26-27,31-33H,13-14,19-25H2,1-7H3,(H,40,47)(H,41,44);7-11,14-17,25-26,30-32H,12-13,18-24H2,1-6H3,(H,39,47)(H,40,43)(H,45,46);4-12,18-19,23-24H,13-17H2,1-3H3,(H,31,32);9H,5-8,13H2,1-4H3,(H,14,16);;1H2/q;;;;+1;/p-1/t27-,31-,32-,33+;26-,30-,31-,32+;19-,23-,24+;9-;;/m1111../s1. The quantitative estimate of drug-likeness (QED) is 0.00761. The van der Waals surface area contributed by atoms with Crippen LogP contribution >= 0.6 is 0 Å². The number of nitrogens with one attached hydrogen (secondary N) is 5. The Morgan fingerprint density at radius 1 is 0.356 bits per heavy atom. The summed E-state index contributed by atoms with van der Waals surface area (Å²) in [5.74, 6) is -7.51. The van der Waals surface area contributed by atoms with E-state index in [9.17, 15) is 82.1 Å². The fourth-order valence-electron chi connectivity index (χ4n) is 18.3. The average molecular weight is 2080 g/mol. The third kappa shape index (κ3) is 47.2. The van der Waals surface area contributed by atoms with Gasteiger partial charge < -0.3 is 86.4 Å². The number of ketones is 3. The number of ether oxygens (including phenoxy) is 5. The van der Waals surface area contributed by atoms with Crippen molar-refractivity contribution in [3.63, 3.8) is 0 Å². The van der Waals surface area contributed by atoms with Gasteiger partial charge in [-0.2, -0.15) is 0 Å². The molecule has 149 heavy (non-hydrogen) atoms. The van der Waals surface area contributed by atoms with E-state index in [1.54, 1.807) is 56.2 Å². The topological polar surface area (TPSA) is 469 Å². The van der Waals surface area contributed by atoms with Crippen LogP contribution in [0.2, 0.25) is 0 Å². The number of rotatable bonds is 47. The molecule has 6 aromatic carbocycles. The number of alkyl carbamates (subject to hydrolysis) is 3. The number of fused-ring (bicyclic) bond motifs is 3. The number of carbonyl (C=O) groups is 15. The smallest absolute Gasteiger partial charge is 0.870 e. The molecule has 0 unspecified atom stereocenters. The van der Waals surface area contributed by atoms with E-state index in [0.717, 1.165) is 62.9 Å². The largest absolute Gasteiger partial charge is 1.00 e. The second-order valence-corrected chi connectivity index (χ2v) is 43.4. The van der Waals surface area contributed by atoms with Crippen molar-refractivity contribution < 1.29 is 141 Å². The first kappa shape index (κ1) is 130. The molecule has 3 heterocycles. The van der Waals surface area contributed by atoms with Crippen molar-refractivity contribution in [2.75, 3.05) is 33.9 Å². The number of amides is 8. The van der Waals surface area contributed by atoms with E-state index in [-0.39, 0.29) is 131 Å². The number of hydrogen-bond donors (Lipinski definition) is 8. The van der Waals surface area contributed by atoms with Gasteiger partial charge in [-0.25, -0.2) is 24.0 Å². The number of hydrogen-bond acceptors (Lipinski definition) is 22. The zero-order valence-corrected chi connectivity index (χ0v) is 93.8. The van der Waals surface area contributed by atoms with E-state index >= 15 is 0 Å². The molecule has 0 saturated heterocycles. The number of esters is 2. The summed E-state index contributed by atoms with van der Waals surface area (Å²) in [6, 6.07) is 48.3. The van der Waals surface area contributed by atoms with Gasteiger partial charge in [0.2, 0.25) is 29.5 Å². The van der Waals surface area contributed by atoms with Crippen LogP contribution in [-0.2, 0) is 139 Å². The number of methoxy groups -OCH3 is 2. The second-order valence-electron chi connectivity index (χ2n) is 43.4. The zero-order chi connectivity index (χ0) is 109. The molecule has 12 atom stereocenters. The van der Waals surface area contributed by atoms with Gasteiger partial charge in [-0.3, -0.25) is 47.9 Å². The van der Waals surface area contributed by atoms with Gasteiger partial charge in [0.25, 0.3) is 0 Å². The van der Waals surface area contributed by atoms with Crippen LogP contribution in [-0.4, -0.2) is 206 Å². The van der Waals surface area contributed by atoms with Gasteiger partial charge in [0.15, 0.2) is 17.3 Å². The SMILES string of the molecule is CC(C)C[C@H](CC(=O)[C@@H]1Cc2ccccc2CN1C(=O)[C@H](C)Cc1ccccc1)C(=O)N[C@H](CCCCNC(=O)OC(C)(C)C)C(=O)O.CC(C)C[C@H](CC(=O)[C@@H]1Cc2ccccc2CN1C(=O)[C@H](C)Cc1ccccc1)C(=O)O.COC(=O)[C@@H](CCCCNC(=O)OC(C)(C)C)NC(=O)[C@@H](CC(=O)[C@@H]1Cc2ccccc2CN1C(=O)[C@H](C)Cc1ccccc1)CC(C)C.COC(=O)[C@H](N)CCCCNC(=O)OC(C)(C)C.[Na+].[OH-]. The van der Waals surface area contributed by atoms with Gasteiger partial charge in [-0.15, -0.1) is 0 Å². The predicted octanol–water partition coefficient (Wildman–Crippen LogP) is 14.0.